The summed E-state index contributed by atoms with van der Waals surface area (Å²) in [5, 5.41) is 10.3. The molecule has 0 aromatic heterocycles. The molecule has 1 fully saturated rings. The fourth-order valence-electron chi connectivity index (χ4n) is 3.83. The van der Waals surface area contributed by atoms with Crippen LogP contribution in [-0.4, -0.2) is 29.2 Å². The molecule has 1 aliphatic carbocycles. The molecule has 1 aliphatic heterocycles. The highest BCUT2D eigenvalue weighted by Gasteiger charge is 2.25. The number of nitrogens with zero attached hydrogens (tertiary/aromatic N) is 1. The molecule has 2 heteroatoms. The van der Waals surface area contributed by atoms with Crippen LogP contribution in [-0.2, 0) is 13.0 Å². The van der Waals surface area contributed by atoms with Crippen LogP contribution < -0.4 is 0 Å². The molecule has 1 heterocycles. The lowest BCUT2D eigenvalue weighted by Crippen LogP contribution is -2.34. The second-order valence-electron chi connectivity index (χ2n) is 6.57. The van der Waals surface area contributed by atoms with E-state index in [1.807, 2.05) is 0 Å². The molecule has 2 unspecified atom stereocenters. The van der Waals surface area contributed by atoms with Crippen LogP contribution in [0.3, 0.4) is 0 Å². The lowest BCUT2D eigenvalue weighted by atomic mass is 9.96. The van der Waals surface area contributed by atoms with Crippen molar-refractivity contribution in [2.75, 3.05) is 13.1 Å². The summed E-state index contributed by atoms with van der Waals surface area (Å²) in [6.07, 6.45) is 8.41. The predicted molar refractivity (Wildman–Crippen MR) is 82.6 cm³/mol. The number of hydrogen-bond acceptors (Lipinski definition) is 2. The Bertz CT molecular complexity index is 431. The van der Waals surface area contributed by atoms with Crippen LogP contribution in [0.4, 0.5) is 0 Å². The molecule has 2 atom stereocenters. The number of aryl methyl sites for hydroxylation is 1. The third-order valence-corrected chi connectivity index (χ3v) is 5.04. The van der Waals surface area contributed by atoms with E-state index >= 15 is 0 Å². The van der Waals surface area contributed by atoms with E-state index in [1.165, 1.54) is 56.2 Å². The van der Waals surface area contributed by atoms with Crippen LogP contribution in [0, 0.1) is 5.92 Å². The van der Waals surface area contributed by atoms with Gasteiger partial charge in [0.25, 0.3) is 0 Å². The summed E-state index contributed by atoms with van der Waals surface area (Å²) in [5.41, 5.74) is 3.02. The zero-order valence-corrected chi connectivity index (χ0v) is 12.4. The highest BCUT2D eigenvalue weighted by Crippen LogP contribution is 2.26. The Morgan fingerprint density at radius 2 is 1.80 bits per heavy atom. The van der Waals surface area contributed by atoms with Crippen molar-refractivity contribution in [3.05, 3.63) is 35.4 Å². The van der Waals surface area contributed by atoms with Gasteiger partial charge in [0.2, 0.25) is 0 Å². The molecule has 0 bridgehead atoms. The molecule has 0 radical (unpaired) electrons. The van der Waals surface area contributed by atoms with E-state index in [2.05, 4.69) is 29.2 Å². The molecule has 20 heavy (non-hydrogen) atoms. The Balaban J connectivity index is 1.65. The van der Waals surface area contributed by atoms with Crippen molar-refractivity contribution in [2.45, 2.75) is 57.6 Å². The lowest BCUT2D eigenvalue weighted by molar-refractivity contribution is 0.0717. The van der Waals surface area contributed by atoms with E-state index in [0.29, 0.717) is 5.92 Å². The van der Waals surface area contributed by atoms with Crippen molar-refractivity contribution in [1.82, 2.24) is 4.90 Å². The van der Waals surface area contributed by atoms with Crippen LogP contribution in [0.5, 0.6) is 0 Å². The topological polar surface area (TPSA) is 23.5 Å². The molecular weight excluding hydrogens is 246 g/mol. The summed E-state index contributed by atoms with van der Waals surface area (Å²) in [6, 6.07) is 8.86. The summed E-state index contributed by atoms with van der Waals surface area (Å²) < 4.78 is 0. The first-order valence-corrected chi connectivity index (χ1v) is 8.30. The van der Waals surface area contributed by atoms with Gasteiger partial charge in [0.1, 0.15) is 0 Å². The number of aliphatic hydroxyl groups excluding tert-OH is 1. The van der Waals surface area contributed by atoms with E-state index in [-0.39, 0.29) is 6.10 Å². The maximum Gasteiger partial charge on any atom is 0.0580 e. The lowest BCUT2D eigenvalue weighted by Gasteiger charge is -2.28. The van der Waals surface area contributed by atoms with Crippen LogP contribution >= 0.6 is 0 Å². The minimum Gasteiger partial charge on any atom is -0.393 e. The Kier molecular flexibility index (Phi) is 4.74. The molecule has 3 rings (SSSR count). The quantitative estimate of drug-likeness (QED) is 0.835. The highest BCUT2D eigenvalue weighted by molar-refractivity contribution is 5.28. The molecule has 1 saturated carbocycles. The van der Waals surface area contributed by atoms with Crippen molar-refractivity contribution < 1.29 is 5.11 Å². The number of benzene rings is 1. The van der Waals surface area contributed by atoms with E-state index in [4.69, 9.17) is 0 Å². The maximum absolute atomic E-state index is 10.3. The maximum atomic E-state index is 10.3. The summed E-state index contributed by atoms with van der Waals surface area (Å²) in [6.45, 7) is 3.33. The predicted octanol–water partition coefficient (Wildman–Crippen LogP) is 3.38. The SMILES string of the molecule is OC1CCCCCC1CN1CCCc2ccccc2C1. The Morgan fingerprint density at radius 1 is 1.00 bits per heavy atom. The van der Waals surface area contributed by atoms with Gasteiger partial charge in [-0.1, -0.05) is 43.5 Å². The highest BCUT2D eigenvalue weighted by atomic mass is 16.3. The zero-order valence-electron chi connectivity index (χ0n) is 12.4. The number of fused-ring (bicyclic) bond motifs is 1. The van der Waals surface area contributed by atoms with Gasteiger partial charge in [-0.05, 0) is 49.3 Å². The fourth-order valence-corrected chi connectivity index (χ4v) is 3.83. The average Bonchev–Trinajstić information content (AvgIpc) is 2.78. The van der Waals surface area contributed by atoms with Crippen molar-refractivity contribution >= 4 is 0 Å². The van der Waals surface area contributed by atoms with Crippen LogP contribution in [0.1, 0.15) is 49.7 Å². The van der Waals surface area contributed by atoms with Gasteiger partial charge in [-0.3, -0.25) is 4.90 Å². The van der Waals surface area contributed by atoms with Crippen molar-refractivity contribution in [2.24, 2.45) is 5.92 Å². The molecule has 0 saturated heterocycles. The summed E-state index contributed by atoms with van der Waals surface area (Å²) >= 11 is 0. The first kappa shape index (κ1) is 14.1. The average molecular weight is 273 g/mol. The number of rotatable bonds is 2. The Morgan fingerprint density at radius 3 is 2.70 bits per heavy atom. The molecule has 2 aliphatic rings. The summed E-state index contributed by atoms with van der Waals surface area (Å²) in [4.78, 5) is 2.57. The molecular formula is C18H27NO. The molecule has 1 N–H and O–H groups in total. The number of aliphatic hydroxyl groups is 1. The van der Waals surface area contributed by atoms with Crippen molar-refractivity contribution in [3.8, 4) is 0 Å². The molecule has 0 amide bonds. The third-order valence-electron chi connectivity index (χ3n) is 5.04. The third kappa shape index (κ3) is 3.42. The monoisotopic (exact) mass is 273 g/mol. The molecule has 2 nitrogen and oxygen atoms in total. The second-order valence-corrected chi connectivity index (χ2v) is 6.57. The van der Waals surface area contributed by atoms with Gasteiger partial charge in [0, 0.05) is 13.1 Å². The van der Waals surface area contributed by atoms with Gasteiger partial charge < -0.3 is 5.11 Å². The van der Waals surface area contributed by atoms with E-state index in [0.717, 1.165) is 19.5 Å². The van der Waals surface area contributed by atoms with E-state index in [9.17, 15) is 5.11 Å². The van der Waals surface area contributed by atoms with Gasteiger partial charge >= 0.3 is 0 Å². The summed E-state index contributed by atoms with van der Waals surface area (Å²) in [5.74, 6) is 0.489. The van der Waals surface area contributed by atoms with E-state index < -0.39 is 0 Å². The number of hydrogen-bond donors (Lipinski definition) is 1. The second kappa shape index (κ2) is 6.73. The smallest absolute Gasteiger partial charge is 0.0580 e. The standard InChI is InChI=1S/C18H27NO/c20-18-11-3-1-2-9-17(18)14-19-12-6-10-15-7-4-5-8-16(15)13-19/h4-5,7-8,17-18,20H,1-3,6,9-14H2. The largest absolute Gasteiger partial charge is 0.393 e. The van der Waals surface area contributed by atoms with Gasteiger partial charge in [0.05, 0.1) is 6.10 Å². The van der Waals surface area contributed by atoms with Gasteiger partial charge in [0.15, 0.2) is 0 Å². The molecule has 1 aromatic rings. The Hall–Kier alpha value is -0.860. The van der Waals surface area contributed by atoms with Crippen molar-refractivity contribution in [1.29, 1.82) is 0 Å². The van der Waals surface area contributed by atoms with Crippen LogP contribution in [0.15, 0.2) is 24.3 Å². The minimum atomic E-state index is -0.0732. The van der Waals surface area contributed by atoms with Gasteiger partial charge in [-0.2, -0.15) is 0 Å². The Labute approximate surface area is 122 Å². The van der Waals surface area contributed by atoms with Crippen LogP contribution in [0.2, 0.25) is 0 Å². The first-order valence-electron chi connectivity index (χ1n) is 8.30. The summed E-state index contributed by atoms with van der Waals surface area (Å²) in [7, 11) is 0. The van der Waals surface area contributed by atoms with Crippen molar-refractivity contribution in [3.63, 3.8) is 0 Å². The molecule has 110 valence electrons. The first-order chi connectivity index (χ1) is 9.83. The van der Waals surface area contributed by atoms with Crippen LogP contribution in [0.25, 0.3) is 0 Å². The van der Waals surface area contributed by atoms with E-state index in [1.54, 1.807) is 0 Å². The fraction of sp³-hybridized carbons (Fsp3) is 0.667. The molecule has 0 spiro atoms. The molecule has 1 aromatic carbocycles. The van der Waals surface area contributed by atoms with Gasteiger partial charge in [-0.15, -0.1) is 0 Å². The van der Waals surface area contributed by atoms with Gasteiger partial charge in [-0.25, -0.2) is 0 Å². The minimum absolute atomic E-state index is 0.0732. The normalized spacial score (nSPS) is 28.4. The zero-order chi connectivity index (χ0) is 13.8.